The van der Waals surface area contributed by atoms with Crippen LogP contribution in [-0.4, -0.2) is 35.3 Å². The molecule has 28 heavy (non-hydrogen) atoms. The SMILES string of the molecule is Cn1cc(-c2ccc3nc(NC(=O)c4ccc(C(C)(C)C)nc4)cn3n2)cn1. The van der Waals surface area contributed by atoms with Gasteiger partial charge in [-0.25, -0.2) is 9.50 Å². The fraction of sp³-hybridized carbons (Fsp3) is 0.250. The third-order valence-corrected chi connectivity index (χ3v) is 4.36. The first-order valence-corrected chi connectivity index (χ1v) is 8.93. The average molecular weight is 375 g/mol. The van der Waals surface area contributed by atoms with Gasteiger partial charge in [0, 0.05) is 36.1 Å². The van der Waals surface area contributed by atoms with Crippen LogP contribution in [0.4, 0.5) is 5.82 Å². The van der Waals surface area contributed by atoms with Gasteiger partial charge in [-0.2, -0.15) is 10.2 Å². The van der Waals surface area contributed by atoms with Gasteiger partial charge in [0.15, 0.2) is 11.5 Å². The summed E-state index contributed by atoms with van der Waals surface area (Å²) in [5, 5.41) is 11.5. The maximum Gasteiger partial charge on any atom is 0.258 e. The van der Waals surface area contributed by atoms with Crippen LogP contribution in [0.2, 0.25) is 0 Å². The standard InChI is InChI=1S/C20H21N7O/c1-20(2,3)16-7-5-13(9-21-16)19(28)24-17-12-27-18(23-17)8-6-15(25-27)14-10-22-26(4)11-14/h5-12H,1-4H3,(H,24,28). The largest absolute Gasteiger partial charge is 0.305 e. The summed E-state index contributed by atoms with van der Waals surface area (Å²) in [5.41, 5.74) is 3.68. The molecule has 0 fully saturated rings. The molecule has 4 rings (SSSR count). The Labute approximate surface area is 162 Å². The maximum atomic E-state index is 12.5. The molecule has 0 saturated heterocycles. The smallest absolute Gasteiger partial charge is 0.258 e. The van der Waals surface area contributed by atoms with Crippen LogP contribution in [0.1, 0.15) is 36.8 Å². The number of carbonyl (C=O) groups excluding carboxylic acids is 1. The van der Waals surface area contributed by atoms with Crippen LogP contribution in [0.5, 0.6) is 0 Å². The highest BCUT2D eigenvalue weighted by Crippen LogP contribution is 2.20. The van der Waals surface area contributed by atoms with Gasteiger partial charge in [0.25, 0.3) is 5.91 Å². The Morgan fingerprint density at radius 1 is 1.07 bits per heavy atom. The van der Waals surface area contributed by atoms with E-state index < -0.39 is 0 Å². The minimum Gasteiger partial charge on any atom is -0.305 e. The first kappa shape index (κ1) is 17.8. The van der Waals surface area contributed by atoms with E-state index in [2.05, 4.69) is 46.3 Å². The van der Waals surface area contributed by atoms with E-state index >= 15 is 0 Å². The van der Waals surface area contributed by atoms with Crippen LogP contribution in [0.3, 0.4) is 0 Å². The van der Waals surface area contributed by atoms with Crippen molar-refractivity contribution in [3.8, 4) is 11.3 Å². The van der Waals surface area contributed by atoms with Crippen molar-refractivity contribution in [2.45, 2.75) is 26.2 Å². The van der Waals surface area contributed by atoms with Crippen molar-refractivity contribution < 1.29 is 4.79 Å². The number of anilines is 1. The molecule has 0 aliphatic rings. The van der Waals surface area contributed by atoms with Crippen molar-refractivity contribution in [3.05, 3.63) is 60.3 Å². The third-order valence-electron chi connectivity index (χ3n) is 4.36. The van der Waals surface area contributed by atoms with Crippen molar-refractivity contribution in [1.29, 1.82) is 0 Å². The van der Waals surface area contributed by atoms with Crippen LogP contribution in [0.15, 0.2) is 49.1 Å². The monoisotopic (exact) mass is 375 g/mol. The zero-order chi connectivity index (χ0) is 19.9. The molecule has 0 aliphatic carbocycles. The molecule has 0 aromatic carbocycles. The van der Waals surface area contributed by atoms with E-state index in [0.717, 1.165) is 17.0 Å². The molecule has 4 aromatic rings. The highest BCUT2D eigenvalue weighted by molar-refractivity contribution is 6.03. The van der Waals surface area contributed by atoms with E-state index in [1.54, 1.807) is 33.9 Å². The van der Waals surface area contributed by atoms with Crippen molar-refractivity contribution >= 4 is 17.4 Å². The number of aromatic nitrogens is 6. The predicted molar refractivity (Wildman–Crippen MR) is 106 cm³/mol. The summed E-state index contributed by atoms with van der Waals surface area (Å²) in [6.07, 6.45) is 6.92. The molecule has 4 heterocycles. The van der Waals surface area contributed by atoms with Gasteiger partial charge < -0.3 is 5.32 Å². The molecular weight excluding hydrogens is 354 g/mol. The van der Waals surface area contributed by atoms with Crippen LogP contribution >= 0.6 is 0 Å². The lowest BCUT2D eigenvalue weighted by Crippen LogP contribution is -2.16. The second kappa shape index (κ2) is 6.56. The van der Waals surface area contributed by atoms with Crippen LogP contribution < -0.4 is 5.32 Å². The normalized spacial score (nSPS) is 11.7. The Kier molecular flexibility index (Phi) is 4.18. The summed E-state index contributed by atoms with van der Waals surface area (Å²) in [4.78, 5) is 21.3. The lowest BCUT2D eigenvalue weighted by atomic mass is 9.91. The number of aryl methyl sites for hydroxylation is 1. The first-order chi connectivity index (χ1) is 13.3. The molecule has 0 spiro atoms. The van der Waals surface area contributed by atoms with Crippen molar-refractivity contribution in [3.63, 3.8) is 0 Å². The number of nitrogens with one attached hydrogen (secondary N) is 1. The number of carbonyl (C=O) groups is 1. The van der Waals surface area contributed by atoms with Gasteiger partial charge in [-0.15, -0.1) is 0 Å². The summed E-state index contributed by atoms with van der Waals surface area (Å²) in [5.74, 6) is 0.171. The molecule has 0 radical (unpaired) electrons. The quantitative estimate of drug-likeness (QED) is 0.594. The molecule has 0 saturated carbocycles. The number of hydrogen-bond donors (Lipinski definition) is 1. The van der Waals surface area contributed by atoms with Crippen molar-refractivity contribution in [1.82, 2.24) is 29.4 Å². The second-order valence-corrected chi connectivity index (χ2v) is 7.69. The van der Waals surface area contributed by atoms with Crippen molar-refractivity contribution in [2.24, 2.45) is 7.05 Å². The summed E-state index contributed by atoms with van der Waals surface area (Å²) < 4.78 is 3.36. The molecule has 1 N–H and O–H groups in total. The highest BCUT2D eigenvalue weighted by atomic mass is 16.1. The number of nitrogens with zero attached hydrogens (tertiary/aromatic N) is 6. The molecule has 142 valence electrons. The second-order valence-electron chi connectivity index (χ2n) is 7.69. The number of fused-ring (bicyclic) bond motifs is 1. The van der Waals surface area contributed by atoms with Gasteiger partial charge in [-0.05, 0) is 24.3 Å². The number of hydrogen-bond acceptors (Lipinski definition) is 5. The first-order valence-electron chi connectivity index (χ1n) is 8.93. The Bertz CT molecular complexity index is 1150. The average Bonchev–Trinajstić information content (AvgIpc) is 3.26. The lowest BCUT2D eigenvalue weighted by molar-refractivity contribution is 0.102. The molecule has 4 aromatic heterocycles. The highest BCUT2D eigenvalue weighted by Gasteiger charge is 2.16. The molecule has 0 unspecified atom stereocenters. The van der Waals surface area contributed by atoms with E-state index in [0.29, 0.717) is 17.0 Å². The third kappa shape index (κ3) is 3.48. The van der Waals surface area contributed by atoms with E-state index in [1.165, 1.54) is 0 Å². The topological polar surface area (TPSA) is 90.0 Å². The molecule has 0 atom stereocenters. The lowest BCUT2D eigenvalue weighted by Gasteiger charge is -2.17. The summed E-state index contributed by atoms with van der Waals surface area (Å²) in [7, 11) is 1.86. The molecule has 8 nitrogen and oxygen atoms in total. The Morgan fingerprint density at radius 3 is 2.54 bits per heavy atom. The molecule has 0 aliphatic heterocycles. The minimum absolute atomic E-state index is 0.0613. The number of rotatable bonds is 3. The van der Waals surface area contributed by atoms with Crippen LogP contribution in [0.25, 0.3) is 16.9 Å². The van der Waals surface area contributed by atoms with Gasteiger partial charge in [0.1, 0.15) is 0 Å². The fourth-order valence-electron chi connectivity index (χ4n) is 2.81. The number of amides is 1. The fourth-order valence-corrected chi connectivity index (χ4v) is 2.81. The number of pyridine rings is 1. The van der Waals surface area contributed by atoms with Crippen molar-refractivity contribution in [2.75, 3.05) is 5.32 Å². The van der Waals surface area contributed by atoms with Crippen LogP contribution in [0, 0.1) is 0 Å². The zero-order valence-electron chi connectivity index (χ0n) is 16.2. The molecule has 0 bridgehead atoms. The van der Waals surface area contributed by atoms with Gasteiger partial charge in [-0.3, -0.25) is 14.5 Å². The summed E-state index contributed by atoms with van der Waals surface area (Å²) in [6.45, 7) is 6.25. The maximum absolute atomic E-state index is 12.5. The van der Waals surface area contributed by atoms with E-state index in [-0.39, 0.29) is 11.3 Å². The molecule has 1 amide bonds. The van der Waals surface area contributed by atoms with E-state index in [4.69, 9.17) is 0 Å². The van der Waals surface area contributed by atoms with E-state index in [1.807, 2.05) is 31.4 Å². The predicted octanol–water partition coefficient (Wildman–Crippen LogP) is 3.07. The Balaban J connectivity index is 1.55. The Morgan fingerprint density at radius 2 is 1.89 bits per heavy atom. The Hall–Kier alpha value is -3.55. The summed E-state index contributed by atoms with van der Waals surface area (Å²) >= 11 is 0. The molecule has 8 heteroatoms. The van der Waals surface area contributed by atoms with Crippen LogP contribution in [-0.2, 0) is 12.5 Å². The van der Waals surface area contributed by atoms with Gasteiger partial charge in [0.2, 0.25) is 0 Å². The van der Waals surface area contributed by atoms with Gasteiger partial charge in [-0.1, -0.05) is 20.8 Å². The molecular formula is C20H21N7O. The van der Waals surface area contributed by atoms with E-state index in [9.17, 15) is 4.79 Å². The number of imidazole rings is 1. The van der Waals surface area contributed by atoms with Gasteiger partial charge >= 0.3 is 0 Å². The zero-order valence-corrected chi connectivity index (χ0v) is 16.2. The summed E-state index contributed by atoms with van der Waals surface area (Å²) in [6, 6.07) is 7.38. The minimum atomic E-state index is -0.260. The van der Waals surface area contributed by atoms with Gasteiger partial charge in [0.05, 0.1) is 23.7 Å².